The minimum Gasteiger partial charge on any atom is -0.306 e. The Morgan fingerprint density at radius 1 is 1.13 bits per heavy atom. The maximum Gasteiger partial charge on any atom is 0.368 e. The van der Waals surface area contributed by atoms with E-state index in [2.05, 4.69) is 15.0 Å². The highest BCUT2D eigenvalue weighted by atomic mass is 16.2. The van der Waals surface area contributed by atoms with Gasteiger partial charge in [0.05, 0.1) is 17.0 Å². The standard InChI is InChI=1S/C10H6N4O/c15-10-12-8-2-1-7(5-9(8)13-10)14-4-3-11-6-14/h1-6H. The molecule has 5 heteroatoms. The number of carbonyl (C=O) groups is 1. The molecular weight excluding hydrogens is 192 g/mol. The highest BCUT2D eigenvalue weighted by molar-refractivity contribution is 5.77. The molecule has 1 aromatic heterocycles. The molecule has 0 unspecified atom stereocenters. The molecule has 2 heterocycles. The van der Waals surface area contributed by atoms with Crippen molar-refractivity contribution in [2.75, 3.05) is 0 Å². The Morgan fingerprint density at radius 2 is 2.00 bits per heavy atom. The van der Waals surface area contributed by atoms with Gasteiger partial charge in [-0.3, -0.25) is 0 Å². The molecule has 1 aliphatic rings. The van der Waals surface area contributed by atoms with Crippen molar-refractivity contribution in [3.63, 3.8) is 0 Å². The zero-order chi connectivity index (χ0) is 10.3. The number of imidazole rings is 1. The zero-order valence-electron chi connectivity index (χ0n) is 7.66. The molecule has 0 bridgehead atoms. The molecule has 3 rings (SSSR count). The third-order valence-electron chi connectivity index (χ3n) is 2.19. The molecule has 1 aliphatic heterocycles. The summed E-state index contributed by atoms with van der Waals surface area (Å²) < 4.78 is 1.85. The van der Waals surface area contributed by atoms with Gasteiger partial charge in [-0.05, 0) is 18.2 Å². The summed E-state index contributed by atoms with van der Waals surface area (Å²) in [5.74, 6) is 0. The Kier molecular flexibility index (Phi) is 1.53. The Hall–Kier alpha value is -2.30. The molecule has 0 atom stereocenters. The van der Waals surface area contributed by atoms with E-state index in [-0.39, 0.29) is 0 Å². The number of nitrogens with zero attached hydrogens (tertiary/aromatic N) is 4. The maximum atomic E-state index is 10.9. The Morgan fingerprint density at radius 3 is 2.80 bits per heavy atom. The number of benzene rings is 1. The third-order valence-corrected chi connectivity index (χ3v) is 2.19. The van der Waals surface area contributed by atoms with Gasteiger partial charge in [-0.15, -0.1) is 0 Å². The number of amides is 2. The van der Waals surface area contributed by atoms with Crippen LogP contribution in [0.5, 0.6) is 0 Å². The molecule has 0 spiro atoms. The highest BCUT2D eigenvalue weighted by Crippen LogP contribution is 2.01. The van der Waals surface area contributed by atoms with Gasteiger partial charge >= 0.3 is 6.03 Å². The first-order valence-corrected chi connectivity index (χ1v) is 4.43. The van der Waals surface area contributed by atoms with Crippen molar-refractivity contribution in [2.24, 2.45) is 9.98 Å². The van der Waals surface area contributed by atoms with Crippen molar-refractivity contribution >= 4 is 6.03 Å². The topological polar surface area (TPSA) is 59.6 Å². The molecule has 72 valence electrons. The lowest BCUT2D eigenvalue weighted by Gasteiger charge is -1.98. The SMILES string of the molecule is O=C1N=c2ccc(-n3ccnc3)cc2=N1. The largest absolute Gasteiger partial charge is 0.368 e. The molecule has 0 N–H and O–H groups in total. The molecular formula is C10H6N4O. The normalized spacial score (nSPS) is 13.2. The van der Waals surface area contributed by atoms with E-state index in [4.69, 9.17) is 0 Å². The summed E-state index contributed by atoms with van der Waals surface area (Å²) in [4.78, 5) is 22.4. The Labute approximate surface area is 84.4 Å². The minimum atomic E-state index is -0.437. The van der Waals surface area contributed by atoms with Gasteiger partial charge < -0.3 is 4.57 Å². The Balaban J connectivity index is 2.25. The van der Waals surface area contributed by atoms with Crippen LogP contribution in [0.25, 0.3) is 5.69 Å². The lowest BCUT2D eigenvalue weighted by atomic mass is 10.3. The van der Waals surface area contributed by atoms with E-state index in [1.807, 2.05) is 22.9 Å². The molecule has 2 aromatic rings. The second kappa shape index (κ2) is 2.84. The molecule has 15 heavy (non-hydrogen) atoms. The zero-order valence-corrected chi connectivity index (χ0v) is 7.66. The van der Waals surface area contributed by atoms with E-state index in [9.17, 15) is 4.79 Å². The fraction of sp³-hybridized carbons (Fsp3) is 0. The summed E-state index contributed by atoms with van der Waals surface area (Å²) >= 11 is 0. The Bertz CT molecular complexity index is 643. The van der Waals surface area contributed by atoms with E-state index >= 15 is 0 Å². The van der Waals surface area contributed by atoms with Crippen molar-refractivity contribution < 1.29 is 4.79 Å². The lowest BCUT2D eigenvalue weighted by Crippen LogP contribution is -2.21. The number of urea groups is 1. The van der Waals surface area contributed by atoms with Gasteiger partial charge in [0.2, 0.25) is 0 Å². The molecule has 2 amide bonds. The predicted molar refractivity (Wildman–Crippen MR) is 51.3 cm³/mol. The van der Waals surface area contributed by atoms with E-state index < -0.39 is 6.03 Å². The van der Waals surface area contributed by atoms with Crippen molar-refractivity contribution in [3.8, 4) is 5.69 Å². The van der Waals surface area contributed by atoms with Crippen molar-refractivity contribution in [2.45, 2.75) is 0 Å². The van der Waals surface area contributed by atoms with Gasteiger partial charge in [0.1, 0.15) is 0 Å². The van der Waals surface area contributed by atoms with Gasteiger partial charge in [0, 0.05) is 18.1 Å². The first-order chi connectivity index (χ1) is 7.33. The van der Waals surface area contributed by atoms with Gasteiger partial charge in [-0.2, -0.15) is 9.98 Å². The van der Waals surface area contributed by atoms with Crippen LogP contribution in [-0.2, 0) is 0 Å². The number of aromatic nitrogens is 2. The van der Waals surface area contributed by atoms with Crippen LogP contribution in [0.4, 0.5) is 4.79 Å². The molecule has 0 radical (unpaired) electrons. The van der Waals surface area contributed by atoms with Gasteiger partial charge in [-0.25, -0.2) is 9.78 Å². The van der Waals surface area contributed by atoms with Crippen molar-refractivity contribution in [1.82, 2.24) is 9.55 Å². The average Bonchev–Trinajstić information content (AvgIpc) is 2.82. The highest BCUT2D eigenvalue weighted by Gasteiger charge is 2.05. The summed E-state index contributed by atoms with van der Waals surface area (Å²) in [5.41, 5.74) is 0.917. The summed E-state index contributed by atoms with van der Waals surface area (Å²) in [5, 5.41) is 1.25. The summed E-state index contributed by atoms with van der Waals surface area (Å²) in [6, 6.07) is 5.02. The van der Waals surface area contributed by atoms with Crippen LogP contribution in [-0.4, -0.2) is 15.6 Å². The fourth-order valence-corrected chi connectivity index (χ4v) is 1.50. The third kappa shape index (κ3) is 1.25. The molecule has 5 nitrogen and oxygen atoms in total. The van der Waals surface area contributed by atoms with Gasteiger partial charge in [0.15, 0.2) is 0 Å². The minimum absolute atomic E-state index is 0.437. The van der Waals surface area contributed by atoms with E-state index in [0.717, 1.165) is 5.69 Å². The molecule has 0 saturated carbocycles. The quantitative estimate of drug-likeness (QED) is 0.659. The molecule has 1 aromatic carbocycles. The predicted octanol–water partition coefficient (Wildman–Crippen LogP) is 0.245. The first kappa shape index (κ1) is 8.05. The van der Waals surface area contributed by atoms with E-state index in [1.165, 1.54) is 0 Å². The summed E-state index contributed by atoms with van der Waals surface area (Å²) in [6.07, 6.45) is 5.21. The number of hydrogen-bond acceptors (Lipinski definition) is 2. The van der Waals surface area contributed by atoms with Crippen LogP contribution in [0.2, 0.25) is 0 Å². The number of carbonyl (C=O) groups excluding carboxylic acids is 1. The van der Waals surface area contributed by atoms with Gasteiger partial charge in [-0.1, -0.05) is 0 Å². The van der Waals surface area contributed by atoms with Crippen molar-refractivity contribution in [3.05, 3.63) is 47.6 Å². The van der Waals surface area contributed by atoms with Crippen LogP contribution >= 0.6 is 0 Å². The average molecular weight is 198 g/mol. The van der Waals surface area contributed by atoms with Crippen LogP contribution in [0, 0.1) is 0 Å². The lowest BCUT2D eigenvalue weighted by molar-refractivity contribution is 0.256. The van der Waals surface area contributed by atoms with E-state index in [0.29, 0.717) is 10.7 Å². The number of fused-ring (bicyclic) bond motifs is 1. The van der Waals surface area contributed by atoms with Crippen LogP contribution in [0.1, 0.15) is 0 Å². The molecule has 0 saturated heterocycles. The van der Waals surface area contributed by atoms with Crippen molar-refractivity contribution in [1.29, 1.82) is 0 Å². The second-order valence-electron chi connectivity index (χ2n) is 3.15. The van der Waals surface area contributed by atoms with Crippen LogP contribution in [0.3, 0.4) is 0 Å². The number of hydrogen-bond donors (Lipinski definition) is 0. The monoisotopic (exact) mass is 198 g/mol. The first-order valence-electron chi connectivity index (χ1n) is 4.43. The fourth-order valence-electron chi connectivity index (χ4n) is 1.50. The molecule has 0 fully saturated rings. The maximum absolute atomic E-state index is 10.9. The molecule has 0 aliphatic carbocycles. The summed E-state index contributed by atoms with van der Waals surface area (Å²) in [7, 11) is 0. The number of rotatable bonds is 1. The second-order valence-corrected chi connectivity index (χ2v) is 3.15. The van der Waals surface area contributed by atoms with Gasteiger partial charge in [0.25, 0.3) is 0 Å². The smallest absolute Gasteiger partial charge is 0.306 e. The summed E-state index contributed by atoms with van der Waals surface area (Å²) in [6.45, 7) is 0. The van der Waals surface area contributed by atoms with Crippen LogP contribution < -0.4 is 10.7 Å². The van der Waals surface area contributed by atoms with Crippen LogP contribution in [0.15, 0.2) is 46.9 Å². The van der Waals surface area contributed by atoms with E-state index in [1.54, 1.807) is 18.6 Å².